The average molecular weight is 461 g/mol. The van der Waals surface area contributed by atoms with Crippen LogP contribution in [0.4, 0.5) is 9.18 Å². The van der Waals surface area contributed by atoms with Crippen LogP contribution >= 0.6 is 0 Å². The monoisotopic (exact) mass is 461 g/mol. The number of pyridine rings is 1. The van der Waals surface area contributed by atoms with Crippen LogP contribution in [-0.2, 0) is 16.1 Å². The van der Waals surface area contributed by atoms with Gasteiger partial charge in [-0.1, -0.05) is 42.5 Å². The van der Waals surface area contributed by atoms with Crippen molar-refractivity contribution in [1.29, 1.82) is 0 Å². The van der Waals surface area contributed by atoms with E-state index in [1.807, 2.05) is 35.6 Å². The van der Waals surface area contributed by atoms with Gasteiger partial charge in [0.2, 0.25) is 0 Å². The fourth-order valence-corrected chi connectivity index (χ4v) is 3.40. The number of primary amides is 1. The second-order valence-electron chi connectivity index (χ2n) is 7.49. The molecule has 0 spiro atoms. The van der Waals surface area contributed by atoms with E-state index in [2.05, 4.69) is 10.1 Å². The zero-order valence-electron chi connectivity index (χ0n) is 18.1. The van der Waals surface area contributed by atoms with E-state index in [1.54, 1.807) is 22.9 Å². The van der Waals surface area contributed by atoms with Crippen LogP contribution in [0.5, 0.6) is 0 Å². The summed E-state index contributed by atoms with van der Waals surface area (Å²) in [5.41, 5.74) is 7.36. The fraction of sp³-hybridized carbons (Fsp3) is 0.125. The zero-order chi connectivity index (χ0) is 24.2. The maximum atomic E-state index is 13.7. The number of ether oxygens (including phenoxy) is 1. The molecule has 0 fully saturated rings. The second kappa shape index (κ2) is 9.49. The van der Waals surface area contributed by atoms with Crippen LogP contribution in [-0.4, -0.2) is 38.8 Å². The molecule has 0 radical (unpaired) electrons. The van der Waals surface area contributed by atoms with Gasteiger partial charge in [-0.2, -0.15) is 5.10 Å². The van der Waals surface area contributed by atoms with E-state index in [9.17, 15) is 18.8 Å². The minimum atomic E-state index is -1.27. The Kier molecular flexibility index (Phi) is 6.30. The predicted molar refractivity (Wildman–Crippen MR) is 121 cm³/mol. The molecular weight excluding hydrogens is 441 g/mol. The number of esters is 1. The number of hydrogen-bond acceptors (Lipinski definition) is 6. The molecule has 3 N–H and O–H groups in total. The predicted octanol–water partition coefficient (Wildman–Crippen LogP) is 3.03. The molecule has 10 heteroatoms. The molecule has 2 aromatic carbocycles. The van der Waals surface area contributed by atoms with E-state index in [4.69, 9.17) is 10.5 Å². The van der Waals surface area contributed by atoms with Crippen molar-refractivity contribution >= 4 is 28.9 Å². The molecule has 0 bridgehead atoms. The second-order valence-corrected chi connectivity index (χ2v) is 7.49. The number of carbonyl (C=O) groups excluding carboxylic acids is 3. The Morgan fingerprint density at radius 1 is 1.12 bits per heavy atom. The lowest BCUT2D eigenvalue weighted by Crippen LogP contribution is -2.42. The number of hydrogen-bond donors (Lipinski definition) is 2. The number of urea groups is 1. The van der Waals surface area contributed by atoms with Crippen molar-refractivity contribution < 1.29 is 23.5 Å². The summed E-state index contributed by atoms with van der Waals surface area (Å²) in [6, 6.07) is 15.8. The van der Waals surface area contributed by atoms with Crippen LogP contribution in [0.2, 0.25) is 0 Å². The molecule has 4 aromatic rings. The van der Waals surface area contributed by atoms with Crippen LogP contribution in [0.1, 0.15) is 22.8 Å². The number of nitrogens with one attached hydrogen (secondary N) is 1. The number of imide groups is 1. The van der Waals surface area contributed by atoms with Gasteiger partial charge in [-0.3, -0.25) is 10.1 Å². The van der Waals surface area contributed by atoms with E-state index in [-0.39, 0.29) is 17.9 Å². The Bertz CT molecular complexity index is 1390. The number of halogens is 1. The molecule has 0 aliphatic heterocycles. The highest BCUT2D eigenvalue weighted by atomic mass is 19.1. The highest BCUT2D eigenvalue weighted by Gasteiger charge is 2.24. The number of benzene rings is 2. The molecule has 1 atom stereocenters. The van der Waals surface area contributed by atoms with Crippen LogP contribution in [0.15, 0.2) is 66.9 Å². The van der Waals surface area contributed by atoms with Crippen molar-refractivity contribution in [1.82, 2.24) is 20.1 Å². The average Bonchev–Trinajstić information content (AvgIpc) is 3.21. The fourth-order valence-electron chi connectivity index (χ4n) is 3.40. The summed E-state index contributed by atoms with van der Waals surface area (Å²) in [6.07, 6.45) is 0.187. The maximum Gasteiger partial charge on any atom is 0.339 e. The van der Waals surface area contributed by atoms with Crippen molar-refractivity contribution in [3.05, 3.63) is 83.8 Å². The summed E-state index contributed by atoms with van der Waals surface area (Å²) in [5.74, 6) is -2.03. The topological polar surface area (TPSA) is 129 Å². The van der Waals surface area contributed by atoms with Gasteiger partial charge in [0.1, 0.15) is 5.82 Å². The quantitative estimate of drug-likeness (QED) is 0.425. The Morgan fingerprint density at radius 3 is 2.59 bits per heavy atom. The van der Waals surface area contributed by atoms with Crippen molar-refractivity contribution in [3.63, 3.8) is 0 Å². The lowest BCUT2D eigenvalue weighted by molar-refractivity contribution is -0.127. The first-order valence-corrected chi connectivity index (χ1v) is 10.3. The van der Waals surface area contributed by atoms with Crippen molar-refractivity contribution in [3.8, 4) is 11.3 Å². The largest absolute Gasteiger partial charge is 0.449 e. The van der Waals surface area contributed by atoms with Gasteiger partial charge >= 0.3 is 12.0 Å². The summed E-state index contributed by atoms with van der Waals surface area (Å²) in [6.45, 7) is 1.54. The van der Waals surface area contributed by atoms with Crippen molar-refractivity contribution in [2.45, 2.75) is 19.6 Å². The summed E-state index contributed by atoms with van der Waals surface area (Å²) in [5, 5.41) is 6.60. The molecule has 1 unspecified atom stereocenters. The Labute approximate surface area is 193 Å². The molecule has 9 nitrogen and oxygen atoms in total. The number of fused-ring (bicyclic) bond motifs is 1. The molecule has 3 amide bonds. The van der Waals surface area contributed by atoms with Crippen LogP contribution in [0, 0.1) is 5.82 Å². The lowest BCUT2D eigenvalue weighted by Gasteiger charge is -2.13. The van der Waals surface area contributed by atoms with Gasteiger partial charge in [0.05, 0.1) is 29.4 Å². The first kappa shape index (κ1) is 22.6. The SMILES string of the molecule is CC(OC(=O)c1cc(-c2ccccc2)nc2c1cnn2Cc1cccc(F)c1)C(=O)NC(N)=O. The normalized spacial score (nSPS) is 11.7. The van der Waals surface area contributed by atoms with Crippen LogP contribution in [0.3, 0.4) is 0 Å². The number of amides is 3. The molecule has 34 heavy (non-hydrogen) atoms. The van der Waals surface area contributed by atoms with Crippen LogP contribution < -0.4 is 11.1 Å². The number of nitrogens with zero attached hydrogens (tertiary/aromatic N) is 3. The van der Waals surface area contributed by atoms with E-state index in [0.717, 1.165) is 5.56 Å². The molecule has 4 rings (SSSR count). The highest BCUT2D eigenvalue weighted by Crippen LogP contribution is 2.26. The Hall–Kier alpha value is -4.60. The molecular formula is C24H20FN5O4. The van der Waals surface area contributed by atoms with E-state index >= 15 is 0 Å². The number of aromatic nitrogens is 3. The first-order valence-electron chi connectivity index (χ1n) is 10.3. The standard InChI is InChI=1S/C24H20FN5O4/c1-14(22(31)29-24(26)33)34-23(32)18-11-20(16-7-3-2-4-8-16)28-21-19(18)12-27-30(21)13-15-6-5-9-17(25)10-15/h2-12,14H,13H2,1H3,(H3,26,29,31,33). The van der Waals surface area contributed by atoms with Gasteiger partial charge in [0.15, 0.2) is 11.8 Å². The third kappa shape index (κ3) is 4.90. The highest BCUT2D eigenvalue weighted by molar-refractivity contribution is 6.05. The zero-order valence-corrected chi connectivity index (χ0v) is 18.1. The summed E-state index contributed by atoms with van der Waals surface area (Å²) in [4.78, 5) is 40.6. The van der Waals surface area contributed by atoms with Gasteiger partial charge in [-0.05, 0) is 30.7 Å². The van der Waals surface area contributed by atoms with Gasteiger partial charge in [-0.25, -0.2) is 23.6 Å². The third-order valence-electron chi connectivity index (χ3n) is 5.02. The van der Waals surface area contributed by atoms with Crippen LogP contribution in [0.25, 0.3) is 22.3 Å². The molecule has 172 valence electrons. The maximum absolute atomic E-state index is 13.7. The van der Waals surface area contributed by atoms with E-state index in [0.29, 0.717) is 22.3 Å². The minimum absolute atomic E-state index is 0.132. The van der Waals surface area contributed by atoms with Gasteiger partial charge in [0.25, 0.3) is 5.91 Å². The smallest absolute Gasteiger partial charge is 0.339 e. The molecule has 2 aromatic heterocycles. The molecule has 0 saturated heterocycles. The Balaban J connectivity index is 1.76. The summed E-state index contributed by atoms with van der Waals surface area (Å²) >= 11 is 0. The van der Waals surface area contributed by atoms with E-state index in [1.165, 1.54) is 25.3 Å². The number of rotatable bonds is 6. The number of carbonyl (C=O) groups is 3. The third-order valence-corrected chi connectivity index (χ3v) is 5.02. The van der Waals surface area contributed by atoms with E-state index < -0.39 is 24.0 Å². The molecule has 0 aliphatic rings. The summed E-state index contributed by atoms with van der Waals surface area (Å²) < 4.78 is 20.5. The van der Waals surface area contributed by atoms with Crippen molar-refractivity contribution in [2.75, 3.05) is 0 Å². The van der Waals surface area contributed by atoms with Gasteiger partial charge in [-0.15, -0.1) is 0 Å². The minimum Gasteiger partial charge on any atom is -0.449 e. The molecule has 0 aliphatic carbocycles. The number of nitrogens with two attached hydrogens (primary N) is 1. The first-order chi connectivity index (χ1) is 16.3. The molecule has 0 saturated carbocycles. The van der Waals surface area contributed by atoms with Gasteiger partial charge < -0.3 is 10.5 Å². The van der Waals surface area contributed by atoms with Gasteiger partial charge in [0, 0.05) is 5.56 Å². The lowest BCUT2D eigenvalue weighted by atomic mass is 10.1. The Morgan fingerprint density at radius 2 is 1.88 bits per heavy atom. The van der Waals surface area contributed by atoms with Crippen molar-refractivity contribution in [2.24, 2.45) is 5.73 Å². The molecule has 2 heterocycles. The summed E-state index contributed by atoms with van der Waals surface area (Å²) in [7, 11) is 0.